The first-order valence-electron chi connectivity index (χ1n) is 10.6. The Morgan fingerprint density at radius 2 is 1.76 bits per heavy atom. The van der Waals surface area contributed by atoms with Crippen LogP contribution in [0, 0.1) is 0 Å². The number of benzene rings is 2. The zero-order valence-corrected chi connectivity index (χ0v) is 19.2. The van der Waals surface area contributed by atoms with Crippen LogP contribution in [0.2, 0.25) is 0 Å². The number of carbonyl (C=O) groups is 2. The van der Waals surface area contributed by atoms with Crippen LogP contribution in [0.15, 0.2) is 58.4 Å². The molecule has 0 aliphatic carbocycles. The number of aryl methyl sites for hydroxylation is 1. The molecule has 0 bridgehead atoms. The van der Waals surface area contributed by atoms with E-state index in [9.17, 15) is 14.4 Å². The van der Waals surface area contributed by atoms with Crippen LogP contribution in [0.3, 0.4) is 0 Å². The van der Waals surface area contributed by atoms with E-state index in [1.165, 1.54) is 9.58 Å². The van der Waals surface area contributed by atoms with E-state index in [2.05, 4.69) is 15.6 Å². The Balaban J connectivity index is 1.76. The number of carbonyl (C=O) groups excluding carboxylic acids is 2. The Hall–Kier alpha value is -4.01. The van der Waals surface area contributed by atoms with Gasteiger partial charge >= 0.3 is 0 Å². The summed E-state index contributed by atoms with van der Waals surface area (Å²) in [5.74, 6) is -0.0804. The van der Waals surface area contributed by atoms with Crippen LogP contribution in [0.25, 0.3) is 10.8 Å². The zero-order valence-electron chi connectivity index (χ0n) is 19.2. The molecule has 9 heteroatoms. The van der Waals surface area contributed by atoms with Gasteiger partial charge in [-0.2, -0.15) is 10.2 Å². The van der Waals surface area contributed by atoms with Crippen LogP contribution in [0.4, 0.5) is 0 Å². The number of hydrogen-bond donors (Lipinski definition) is 1. The third-order valence-electron chi connectivity index (χ3n) is 4.98. The van der Waals surface area contributed by atoms with Crippen LogP contribution in [0.5, 0.6) is 5.75 Å². The molecule has 0 radical (unpaired) electrons. The number of aromatic nitrogens is 2. The van der Waals surface area contributed by atoms with E-state index in [-0.39, 0.29) is 23.8 Å². The van der Waals surface area contributed by atoms with E-state index < -0.39 is 5.91 Å². The Labute approximate surface area is 191 Å². The van der Waals surface area contributed by atoms with Crippen molar-refractivity contribution in [2.75, 3.05) is 20.7 Å². The molecule has 172 valence electrons. The van der Waals surface area contributed by atoms with Gasteiger partial charge < -0.3 is 9.64 Å². The van der Waals surface area contributed by atoms with Crippen molar-refractivity contribution in [3.63, 3.8) is 0 Å². The van der Waals surface area contributed by atoms with Gasteiger partial charge in [-0.05, 0) is 49.2 Å². The number of hydrogen-bond acceptors (Lipinski definition) is 6. The van der Waals surface area contributed by atoms with E-state index in [1.807, 2.05) is 6.92 Å². The summed E-state index contributed by atoms with van der Waals surface area (Å²) in [5, 5.41) is 9.39. The smallest absolute Gasteiger partial charge is 0.292 e. The molecule has 1 N–H and O–H groups in total. The number of nitrogens with one attached hydrogen (secondary N) is 1. The number of rotatable bonds is 8. The number of hydrazone groups is 1. The monoisotopic (exact) mass is 449 g/mol. The summed E-state index contributed by atoms with van der Waals surface area (Å²) >= 11 is 0. The van der Waals surface area contributed by atoms with Gasteiger partial charge in [0.15, 0.2) is 12.3 Å². The van der Waals surface area contributed by atoms with Crippen molar-refractivity contribution in [3.05, 3.63) is 70.1 Å². The van der Waals surface area contributed by atoms with E-state index in [0.717, 1.165) is 5.56 Å². The van der Waals surface area contributed by atoms with Gasteiger partial charge in [0.1, 0.15) is 5.75 Å². The molecule has 0 unspecified atom stereocenters. The van der Waals surface area contributed by atoms with Gasteiger partial charge in [0.25, 0.3) is 17.4 Å². The maximum atomic E-state index is 12.9. The standard InChI is InChI=1S/C24H27N5O4/c1-5-14-29-24(32)20-9-7-6-8-19(20)22(27-29)23(31)26-25-16(2)17-10-12-18(13-11-17)33-15-21(30)28(3)4/h6-13H,5,14-15H2,1-4H3,(H,26,31)/b25-16+. The molecule has 0 atom stereocenters. The number of ether oxygens (including phenoxy) is 1. The fourth-order valence-electron chi connectivity index (χ4n) is 3.08. The van der Waals surface area contributed by atoms with Gasteiger partial charge in [-0.3, -0.25) is 14.4 Å². The summed E-state index contributed by atoms with van der Waals surface area (Å²) in [4.78, 5) is 38.6. The lowest BCUT2D eigenvalue weighted by Gasteiger charge is -2.11. The highest BCUT2D eigenvalue weighted by atomic mass is 16.5. The molecule has 2 aromatic carbocycles. The molecule has 0 spiro atoms. The average Bonchev–Trinajstić information content (AvgIpc) is 2.82. The summed E-state index contributed by atoms with van der Waals surface area (Å²) in [5.41, 5.74) is 3.80. The van der Waals surface area contributed by atoms with Crippen LogP contribution in [-0.4, -0.2) is 52.9 Å². The highest BCUT2D eigenvalue weighted by molar-refractivity contribution is 6.06. The fraction of sp³-hybridized carbons (Fsp3) is 0.292. The van der Waals surface area contributed by atoms with Gasteiger partial charge in [-0.1, -0.05) is 25.1 Å². The molecule has 2 amide bonds. The predicted molar refractivity (Wildman–Crippen MR) is 127 cm³/mol. The lowest BCUT2D eigenvalue weighted by atomic mass is 10.1. The number of likely N-dealkylation sites (N-methyl/N-ethyl adjacent to an activating group) is 1. The molecule has 0 fully saturated rings. The quantitative estimate of drug-likeness (QED) is 0.420. The average molecular weight is 450 g/mol. The first-order valence-corrected chi connectivity index (χ1v) is 10.6. The highest BCUT2D eigenvalue weighted by Crippen LogP contribution is 2.15. The van der Waals surface area contributed by atoms with Gasteiger partial charge in [0, 0.05) is 26.0 Å². The third kappa shape index (κ3) is 5.62. The van der Waals surface area contributed by atoms with Gasteiger partial charge in [-0.25, -0.2) is 10.1 Å². The van der Waals surface area contributed by atoms with Crippen molar-refractivity contribution in [2.24, 2.45) is 5.10 Å². The van der Waals surface area contributed by atoms with E-state index >= 15 is 0 Å². The third-order valence-corrected chi connectivity index (χ3v) is 4.98. The maximum Gasteiger partial charge on any atom is 0.292 e. The molecule has 0 aliphatic rings. The Bertz CT molecular complexity index is 1250. The number of fused-ring (bicyclic) bond motifs is 1. The molecule has 3 aromatic rings. The summed E-state index contributed by atoms with van der Waals surface area (Å²) in [6.07, 6.45) is 0.715. The molecule has 9 nitrogen and oxygen atoms in total. The van der Waals surface area contributed by atoms with Gasteiger partial charge in [0.2, 0.25) is 0 Å². The van der Waals surface area contributed by atoms with Crippen molar-refractivity contribution in [2.45, 2.75) is 26.8 Å². The topological polar surface area (TPSA) is 106 Å². The molecule has 3 rings (SSSR count). The van der Waals surface area contributed by atoms with Crippen molar-refractivity contribution >= 4 is 28.3 Å². The molecular formula is C24H27N5O4. The second kappa shape index (κ2) is 10.5. The van der Waals surface area contributed by atoms with Crippen molar-refractivity contribution in [3.8, 4) is 5.75 Å². The molecule has 0 saturated heterocycles. The Kier molecular flexibility index (Phi) is 7.55. The molecule has 0 saturated carbocycles. The van der Waals surface area contributed by atoms with Crippen LogP contribution < -0.4 is 15.7 Å². The summed E-state index contributed by atoms with van der Waals surface area (Å²) in [6.45, 7) is 4.07. The van der Waals surface area contributed by atoms with Crippen molar-refractivity contribution < 1.29 is 14.3 Å². The Morgan fingerprint density at radius 3 is 2.39 bits per heavy atom. The van der Waals surface area contributed by atoms with E-state index in [1.54, 1.807) is 69.6 Å². The van der Waals surface area contributed by atoms with Crippen molar-refractivity contribution in [1.29, 1.82) is 0 Å². The highest BCUT2D eigenvalue weighted by Gasteiger charge is 2.16. The molecule has 33 heavy (non-hydrogen) atoms. The zero-order chi connectivity index (χ0) is 24.0. The van der Waals surface area contributed by atoms with Gasteiger partial charge in [0.05, 0.1) is 11.1 Å². The van der Waals surface area contributed by atoms with Crippen LogP contribution in [0.1, 0.15) is 36.3 Å². The fourth-order valence-corrected chi connectivity index (χ4v) is 3.08. The van der Waals surface area contributed by atoms with Crippen LogP contribution >= 0.6 is 0 Å². The van der Waals surface area contributed by atoms with Crippen LogP contribution in [-0.2, 0) is 11.3 Å². The number of nitrogens with zero attached hydrogens (tertiary/aromatic N) is 4. The largest absolute Gasteiger partial charge is 0.484 e. The van der Waals surface area contributed by atoms with E-state index in [4.69, 9.17) is 4.74 Å². The summed E-state index contributed by atoms with van der Waals surface area (Å²) in [6, 6.07) is 13.9. The predicted octanol–water partition coefficient (Wildman–Crippen LogP) is 2.43. The summed E-state index contributed by atoms with van der Waals surface area (Å²) in [7, 11) is 3.33. The molecule has 1 aromatic heterocycles. The minimum absolute atomic E-state index is 0.0450. The lowest BCUT2D eigenvalue weighted by Crippen LogP contribution is -2.29. The first kappa shape index (κ1) is 23.6. The normalized spacial score (nSPS) is 11.3. The minimum Gasteiger partial charge on any atom is -0.484 e. The molecule has 0 aliphatic heterocycles. The second-order valence-corrected chi connectivity index (χ2v) is 7.66. The summed E-state index contributed by atoms with van der Waals surface area (Å²) < 4.78 is 6.78. The van der Waals surface area contributed by atoms with Crippen molar-refractivity contribution in [1.82, 2.24) is 20.1 Å². The minimum atomic E-state index is -0.502. The lowest BCUT2D eigenvalue weighted by molar-refractivity contribution is -0.130. The molecular weight excluding hydrogens is 422 g/mol. The maximum absolute atomic E-state index is 12.9. The number of amides is 2. The van der Waals surface area contributed by atoms with E-state index in [0.29, 0.717) is 35.2 Å². The van der Waals surface area contributed by atoms with Gasteiger partial charge in [-0.15, -0.1) is 0 Å². The second-order valence-electron chi connectivity index (χ2n) is 7.66. The Morgan fingerprint density at radius 1 is 1.09 bits per heavy atom. The molecule has 1 heterocycles. The first-order chi connectivity index (χ1) is 15.8. The SMILES string of the molecule is CCCn1nc(C(=O)N/N=C(\C)c2ccc(OCC(=O)N(C)C)cc2)c2ccccc2c1=O.